The lowest BCUT2D eigenvalue weighted by Crippen LogP contribution is -2.38. The molecular weight excluding hydrogens is 292 g/mol. The van der Waals surface area contributed by atoms with Gasteiger partial charge in [0.05, 0.1) is 6.10 Å². The van der Waals surface area contributed by atoms with Crippen molar-refractivity contribution >= 4 is 0 Å². The topological polar surface area (TPSA) is 69.9 Å². The fourth-order valence-corrected chi connectivity index (χ4v) is 4.62. The molecule has 2 rings (SSSR count). The Hall–Kier alpha value is -0.160. The van der Waals surface area contributed by atoms with Gasteiger partial charge < -0.3 is 20.1 Å². The molecule has 0 amide bonds. The van der Waals surface area contributed by atoms with Crippen LogP contribution in [0.1, 0.15) is 78.1 Å². The number of ether oxygens (including phenoxy) is 1. The minimum Gasteiger partial charge on any atom is -0.393 e. The highest BCUT2D eigenvalue weighted by Gasteiger charge is 2.35. The summed E-state index contributed by atoms with van der Waals surface area (Å²) in [6, 6.07) is 0. The van der Waals surface area contributed by atoms with Crippen LogP contribution in [0.4, 0.5) is 0 Å². The zero-order chi connectivity index (χ0) is 16.8. The number of fused-ring (bicyclic) bond motifs is 2. The van der Waals surface area contributed by atoms with E-state index in [1.165, 1.54) is 0 Å². The number of hydrogen-bond acceptors (Lipinski definition) is 4. The van der Waals surface area contributed by atoms with Crippen molar-refractivity contribution in [2.24, 2.45) is 23.7 Å². The molecule has 2 fully saturated rings. The molecule has 1 aliphatic heterocycles. The molecule has 0 aromatic carbocycles. The molecule has 1 aliphatic carbocycles. The normalized spacial score (nSPS) is 43.4. The first kappa shape index (κ1) is 19.2. The highest BCUT2D eigenvalue weighted by Crippen LogP contribution is 2.38. The number of hydrogen-bond donors (Lipinski definition) is 3. The smallest absolute Gasteiger partial charge is 0.160 e. The molecule has 7 unspecified atom stereocenters. The van der Waals surface area contributed by atoms with Crippen LogP contribution in [0.2, 0.25) is 0 Å². The summed E-state index contributed by atoms with van der Waals surface area (Å²) in [4.78, 5) is 0. The van der Waals surface area contributed by atoms with Crippen LogP contribution in [0.5, 0.6) is 0 Å². The van der Waals surface area contributed by atoms with Crippen molar-refractivity contribution in [3.8, 4) is 0 Å². The summed E-state index contributed by atoms with van der Waals surface area (Å²) in [5.74, 6) is 1.43. The van der Waals surface area contributed by atoms with Crippen LogP contribution < -0.4 is 0 Å². The average molecular weight is 328 g/mol. The largest absolute Gasteiger partial charge is 0.393 e. The van der Waals surface area contributed by atoms with Crippen LogP contribution in [0.3, 0.4) is 0 Å². The molecule has 0 radical (unpaired) electrons. The molecule has 2 aliphatic rings. The Bertz CT molecular complexity index is 335. The van der Waals surface area contributed by atoms with E-state index < -0.39 is 12.6 Å². The van der Waals surface area contributed by atoms with Crippen LogP contribution in [0.15, 0.2) is 0 Å². The molecule has 7 atom stereocenters. The summed E-state index contributed by atoms with van der Waals surface area (Å²) in [5, 5.41) is 30.8. The van der Waals surface area contributed by atoms with Crippen molar-refractivity contribution in [3.63, 3.8) is 0 Å². The second-order valence-electron chi connectivity index (χ2n) is 7.86. The predicted molar refractivity (Wildman–Crippen MR) is 90.6 cm³/mol. The Labute approximate surface area is 141 Å². The Balaban J connectivity index is 2.08. The SMILES string of the molecule is CCCC1CC(CC)CCC2CC(CCC2O)C(O)OC(O)C1. The lowest BCUT2D eigenvalue weighted by molar-refractivity contribution is -0.240. The van der Waals surface area contributed by atoms with Gasteiger partial charge in [-0.1, -0.05) is 39.5 Å². The molecule has 1 saturated carbocycles. The van der Waals surface area contributed by atoms with E-state index >= 15 is 0 Å². The third kappa shape index (κ3) is 5.70. The van der Waals surface area contributed by atoms with Gasteiger partial charge in [0.15, 0.2) is 12.6 Å². The standard InChI is InChI=1S/C19H36O4/c1-3-5-14-10-13(4-2)6-7-15-12-16(8-9-17(15)20)19(22)23-18(21)11-14/h13-22H,3-12H2,1-2H3. The first-order valence-electron chi connectivity index (χ1n) is 9.73. The van der Waals surface area contributed by atoms with Crippen molar-refractivity contribution in [1.82, 2.24) is 0 Å². The molecule has 136 valence electrons. The van der Waals surface area contributed by atoms with Crippen LogP contribution in [-0.4, -0.2) is 34.0 Å². The van der Waals surface area contributed by atoms with E-state index in [4.69, 9.17) is 4.74 Å². The molecule has 1 heterocycles. The van der Waals surface area contributed by atoms with Gasteiger partial charge >= 0.3 is 0 Å². The number of aliphatic hydroxyl groups excluding tert-OH is 3. The van der Waals surface area contributed by atoms with Crippen molar-refractivity contribution < 1.29 is 20.1 Å². The highest BCUT2D eigenvalue weighted by atomic mass is 16.7. The van der Waals surface area contributed by atoms with Gasteiger partial charge in [0.2, 0.25) is 0 Å². The lowest BCUT2D eigenvalue weighted by Gasteiger charge is -2.37. The van der Waals surface area contributed by atoms with Gasteiger partial charge in [0.25, 0.3) is 0 Å². The summed E-state index contributed by atoms with van der Waals surface area (Å²) in [7, 11) is 0. The third-order valence-corrected chi connectivity index (χ3v) is 6.10. The van der Waals surface area contributed by atoms with E-state index in [1.54, 1.807) is 0 Å². The van der Waals surface area contributed by atoms with E-state index in [0.717, 1.165) is 57.8 Å². The van der Waals surface area contributed by atoms with Crippen molar-refractivity contribution in [3.05, 3.63) is 0 Å². The Morgan fingerprint density at radius 1 is 0.826 bits per heavy atom. The second-order valence-corrected chi connectivity index (χ2v) is 7.86. The van der Waals surface area contributed by atoms with E-state index in [-0.39, 0.29) is 17.9 Å². The van der Waals surface area contributed by atoms with E-state index in [2.05, 4.69) is 13.8 Å². The van der Waals surface area contributed by atoms with Gasteiger partial charge in [-0.3, -0.25) is 0 Å². The zero-order valence-electron chi connectivity index (χ0n) is 14.9. The second kappa shape index (κ2) is 9.36. The molecule has 1 saturated heterocycles. The van der Waals surface area contributed by atoms with Gasteiger partial charge in [-0.2, -0.15) is 0 Å². The van der Waals surface area contributed by atoms with Crippen molar-refractivity contribution in [1.29, 1.82) is 0 Å². The quantitative estimate of drug-likeness (QED) is 0.742. The molecule has 23 heavy (non-hydrogen) atoms. The third-order valence-electron chi connectivity index (χ3n) is 6.10. The van der Waals surface area contributed by atoms with Crippen molar-refractivity contribution in [2.75, 3.05) is 0 Å². The summed E-state index contributed by atoms with van der Waals surface area (Å²) in [6.45, 7) is 4.43. The highest BCUT2D eigenvalue weighted by molar-refractivity contribution is 4.82. The van der Waals surface area contributed by atoms with Gasteiger partial charge in [0, 0.05) is 12.3 Å². The number of rotatable bonds is 3. The molecule has 3 N–H and O–H groups in total. The Kier molecular flexibility index (Phi) is 7.80. The maximum atomic E-state index is 10.3. The molecule has 0 aromatic heterocycles. The summed E-state index contributed by atoms with van der Waals surface area (Å²) >= 11 is 0. The minimum atomic E-state index is -0.899. The molecule has 0 spiro atoms. The first-order valence-corrected chi connectivity index (χ1v) is 9.73. The maximum Gasteiger partial charge on any atom is 0.160 e. The summed E-state index contributed by atoms with van der Waals surface area (Å²) < 4.78 is 5.52. The average Bonchev–Trinajstić information content (AvgIpc) is 2.51. The van der Waals surface area contributed by atoms with E-state index in [0.29, 0.717) is 18.3 Å². The van der Waals surface area contributed by atoms with E-state index in [9.17, 15) is 15.3 Å². The molecule has 2 bridgehead atoms. The molecular formula is C19H36O4. The Morgan fingerprint density at radius 2 is 1.57 bits per heavy atom. The van der Waals surface area contributed by atoms with Gasteiger partial charge in [0.1, 0.15) is 0 Å². The summed E-state index contributed by atoms with van der Waals surface area (Å²) in [6.07, 6.45) is 7.62. The summed E-state index contributed by atoms with van der Waals surface area (Å²) in [5.41, 5.74) is 0. The van der Waals surface area contributed by atoms with E-state index in [1.807, 2.05) is 0 Å². The van der Waals surface area contributed by atoms with Gasteiger partial charge in [-0.25, -0.2) is 0 Å². The van der Waals surface area contributed by atoms with Gasteiger partial charge in [-0.15, -0.1) is 0 Å². The lowest BCUT2D eigenvalue weighted by atomic mass is 9.74. The van der Waals surface area contributed by atoms with Crippen LogP contribution in [0, 0.1) is 23.7 Å². The molecule has 4 heteroatoms. The zero-order valence-corrected chi connectivity index (χ0v) is 14.9. The van der Waals surface area contributed by atoms with Gasteiger partial charge in [-0.05, 0) is 49.9 Å². The fraction of sp³-hybridized carbons (Fsp3) is 1.00. The predicted octanol–water partition coefficient (Wildman–Crippen LogP) is 3.43. The minimum absolute atomic E-state index is 0.0437. The van der Waals surface area contributed by atoms with Crippen LogP contribution in [0.25, 0.3) is 0 Å². The Morgan fingerprint density at radius 3 is 2.26 bits per heavy atom. The maximum absolute atomic E-state index is 10.3. The molecule has 0 aromatic rings. The first-order chi connectivity index (χ1) is 11.0. The fourth-order valence-electron chi connectivity index (χ4n) is 4.62. The van der Waals surface area contributed by atoms with Crippen molar-refractivity contribution in [2.45, 2.75) is 96.7 Å². The van der Waals surface area contributed by atoms with Crippen LogP contribution >= 0.6 is 0 Å². The van der Waals surface area contributed by atoms with Crippen LogP contribution in [-0.2, 0) is 4.74 Å². The molecule has 4 nitrogen and oxygen atoms in total. The number of aliphatic hydroxyl groups is 3. The monoisotopic (exact) mass is 328 g/mol.